The lowest BCUT2D eigenvalue weighted by Crippen LogP contribution is -2.55. The number of carboxylic acids is 3. The van der Waals surface area contributed by atoms with Gasteiger partial charge in [0.05, 0.1) is 12.3 Å². The van der Waals surface area contributed by atoms with Crippen molar-refractivity contribution in [2.75, 3.05) is 13.2 Å². The summed E-state index contributed by atoms with van der Waals surface area (Å²) in [6, 6.07) is 4.81. The zero-order valence-corrected chi connectivity index (χ0v) is 29.0. The summed E-state index contributed by atoms with van der Waals surface area (Å²) in [4.78, 5) is 73.3. The molecule has 1 aromatic rings. The van der Waals surface area contributed by atoms with Gasteiger partial charge in [0, 0.05) is 19.3 Å². The van der Waals surface area contributed by atoms with Crippen LogP contribution in [0.25, 0.3) is 0 Å². The molecule has 50 heavy (non-hydrogen) atoms. The third-order valence-electron chi connectivity index (χ3n) is 7.84. The highest BCUT2D eigenvalue weighted by molar-refractivity contribution is 5.95. The fourth-order valence-electron chi connectivity index (χ4n) is 5.07. The van der Waals surface area contributed by atoms with Crippen LogP contribution in [0, 0.1) is 17.8 Å². The van der Waals surface area contributed by atoms with Gasteiger partial charge in [-0.05, 0) is 50.3 Å². The molecule has 0 radical (unpaired) electrons. The fraction of sp³-hybridized carbons (Fsp3) is 0.568. The number of benzene rings is 1. The van der Waals surface area contributed by atoms with Crippen LogP contribution >= 0.6 is 0 Å². The number of carboxylic acid groups (broad SMARTS) is 3. The van der Waals surface area contributed by atoms with Crippen molar-refractivity contribution < 1.29 is 58.7 Å². The number of hydrogen-bond acceptors (Lipinski definition) is 9. The molecular formula is C37H51NO12. The van der Waals surface area contributed by atoms with E-state index in [4.69, 9.17) is 14.6 Å². The van der Waals surface area contributed by atoms with Crippen LogP contribution in [0.3, 0.4) is 0 Å². The molecule has 0 bridgehead atoms. The Labute approximate surface area is 293 Å². The second kappa shape index (κ2) is 24.4. The van der Waals surface area contributed by atoms with Gasteiger partial charge in [-0.3, -0.25) is 14.4 Å². The third-order valence-corrected chi connectivity index (χ3v) is 7.84. The second-order valence-corrected chi connectivity index (χ2v) is 12.0. The molecule has 1 amide bonds. The highest BCUT2D eigenvalue weighted by atomic mass is 16.6. The van der Waals surface area contributed by atoms with E-state index < -0.39 is 60.4 Å². The van der Waals surface area contributed by atoms with E-state index in [0.717, 1.165) is 51.0 Å². The highest BCUT2D eigenvalue weighted by Crippen LogP contribution is 2.26. The number of ketones is 1. The van der Waals surface area contributed by atoms with Crippen LogP contribution in [0.2, 0.25) is 0 Å². The van der Waals surface area contributed by atoms with Gasteiger partial charge < -0.3 is 35.2 Å². The molecular weight excluding hydrogens is 650 g/mol. The number of unbranched alkanes of at least 4 members (excludes halogenated alkanes) is 8. The van der Waals surface area contributed by atoms with E-state index in [1.807, 2.05) is 0 Å². The molecule has 13 heteroatoms. The van der Waals surface area contributed by atoms with Gasteiger partial charge in [-0.15, -0.1) is 5.92 Å². The van der Waals surface area contributed by atoms with E-state index in [0.29, 0.717) is 37.0 Å². The summed E-state index contributed by atoms with van der Waals surface area (Å²) in [5, 5.41) is 41.5. The number of carbonyl (C=O) groups is 6. The summed E-state index contributed by atoms with van der Waals surface area (Å²) in [5.41, 5.74) is -2.60. The van der Waals surface area contributed by atoms with Gasteiger partial charge in [0.25, 0.3) is 0 Å². The lowest BCUT2D eigenvalue weighted by Gasteiger charge is -2.29. The second-order valence-electron chi connectivity index (χ2n) is 12.0. The first-order valence-electron chi connectivity index (χ1n) is 17.0. The number of Topliss-reactive ketones (excluding diaryl/α,β-unsaturated/α-hetero) is 1. The van der Waals surface area contributed by atoms with Crippen LogP contribution in [-0.2, 0) is 39.9 Å². The summed E-state index contributed by atoms with van der Waals surface area (Å²) in [7, 11) is 0. The maximum atomic E-state index is 13.5. The zero-order chi connectivity index (χ0) is 37.4. The Morgan fingerprint density at radius 3 is 2.06 bits per heavy atom. The Hall–Kier alpha value is -4.70. The minimum atomic E-state index is -3.08. The van der Waals surface area contributed by atoms with Crippen LogP contribution in [0.4, 0.5) is 0 Å². The first-order valence-corrected chi connectivity index (χ1v) is 17.0. The predicted molar refractivity (Wildman–Crippen MR) is 183 cm³/mol. The number of amides is 1. The Morgan fingerprint density at radius 2 is 1.50 bits per heavy atom. The van der Waals surface area contributed by atoms with E-state index in [1.165, 1.54) is 12.5 Å². The first kappa shape index (κ1) is 43.3. The number of aliphatic carboxylic acids is 3. The van der Waals surface area contributed by atoms with E-state index in [1.54, 1.807) is 31.2 Å². The van der Waals surface area contributed by atoms with Crippen molar-refractivity contribution in [3.63, 3.8) is 0 Å². The molecule has 0 heterocycles. The Balaban J connectivity index is 3.01. The smallest absolute Gasteiger partial charge is 0.341 e. The van der Waals surface area contributed by atoms with Crippen LogP contribution in [0.15, 0.2) is 36.4 Å². The standard InChI is InChI=1S/C37H51NO12/c1-3-5-7-10-13-16-28(39)17-14-11-8-9-12-15-18-30(37(48,36(46)47)25-32(40)41)34(44)38-31(35(45)50-26-33(42)43)24-27-19-21-29(22-20-27)49-23-6-4-2/h15,18-22,30-31,48H,3,5,7-14,16-17,23-26H2,1-2H3,(H,38,44)(H,40,41)(H,42,43)(H,46,47)/t30-,31+,37+/m1/s1. The van der Waals surface area contributed by atoms with E-state index in [2.05, 4.69) is 24.1 Å². The van der Waals surface area contributed by atoms with Gasteiger partial charge in [0.15, 0.2) is 12.2 Å². The van der Waals surface area contributed by atoms with Crippen molar-refractivity contribution in [3.05, 3.63) is 42.0 Å². The summed E-state index contributed by atoms with van der Waals surface area (Å²) in [6.07, 6.45) is 10.8. The molecule has 3 atom stereocenters. The maximum absolute atomic E-state index is 13.5. The predicted octanol–water partition coefficient (Wildman–Crippen LogP) is 4.48. The number of allylic oxidation sites excluding steroid dienone is 1. The molecule has 0 unspecified atom stereocenters. The zero-order valence-electron chi connectivity index (χ0n) is 29.0. The molecule has 276 valence electrons. The Bertz CT molecular complexity index is 1340. The van der Waals surface area contributed by atoms with E-state index in [-0.39, 0.29) is 18.8 Å². The molecule has 0 fully saturated rings. The van der Waals surface area contributed by atoms with Gasteiger partial charge >= 0.3 is 23.9 Å². The average Bonchev–Trinajstić information content (AvgIpc) is 3.06. The minimum absolute atomic E-state index is 0.147. The van der Waals surface area contributed by atoms with Gasteiger partial charge in [-0.25, -0.2) is 14.4 Å². The van der Waals surface area contributed by atoms with Crippen molar-refractivity contribution in [2.45, 2.75) is 115 Å². The Morgan fingerprint density at radius 1 is 0.880 bits per heavy atom. The third kappa shape index (κ3) is 17.6. The summed E-state index contributed by atoms with van der Waals surface area (Å²) in [6.45, 7) is 2.94. The molecule has 1 aromatic carbocycles. The SMILES string of the molecule is CC#CCOc1ccc(C[C@H](NC(=O)[C@@H](C=CCCCCCCC(=O)CCCCCCC)[C@@](O)(CC(=O)O)C(=O)O)C(=O)OCC(=O)O)cc1. The van der Waals surface area contributed by atoms with E-state index in [9.17, 15) is 44.1 Å². The van der Waals surface area contributed by atoms with Crippen molar-refractivity contribution in [2.24, 2.45) is 5.92 Å². The summed E-state index contributed by atoms with van der Waals surface area (Å²) >= 11 is 0. The summed E-state index contributed by atoms with van der Waals surface area (Å²) < 4.78 is 10.3. The lowest BCUT2D eigenvalue weighted by molar-refractivity contribution is -0.172. The molecule has 0 saturated carbocycles. The lowest BCUT2D eigenvalue weighted by atomic mass is 9.82. The fourth-order valence-corrected chi connectivity index (χ4v) is 5.07. The minimum Gasteiger partial charge on any atom is -0.481 e. The van der Waals surface area contributed by atoms with Gasteiger partial charge in [0.2, 0.25) is 5.91 Å². The number of nitrogens with one attached hydrogen (secondary N) is 1. The molecule has 0 aliphatic carbocycles. The molecule has 0 aliphatic heterocycles. The first-order chi connectivity index (χ1) is 23.8. The number of esters is 1. The molecule has 0 aromatic heterocycles. The van der Waals surface area contributed by atoms with E-state index >= 15 is 0 Å². The summed E-state index contributed by atoms with van der Waals surface area (Å²) in [5.74, 6) is -3.22. The molecule has 0 aliphatic rings. The molecule has 0 spiro atoms. The number of rotatable bonds is 27. The molecule has 0 saturated heterocycles. The molecule has 13 nitrogen and oxygen atoms in total. The van der Waals surface area contributed by atoms with Crippen molar-refractivity contribution in [1.29, 1.82) is 0 Å². The van der Waals surface area contributed by atoms with Gasteiger partial charge in [-0.1, -0.05) is 75.7 Å². The average molecular weight is 702 g/mol. The number of carbonyl (C=O) groups excluding carboxylic acids is 3. The number of aliphatic hydroxyl groups is 1. The molecule has 5 N–H and O–H groups in total. The topological polar surface area (TPSA) is 214 Å². The number of hydrogen-bond donors (Lipinski definition) is 5. The van der Waals surface area contributed by atoms with Crippen molar-refractivity contribution >= 4 is 35.6 Å². The van der Waals surface area contributed by atoms with Gasteiger partial charge in [0.1, 0.15) is 24.2 Å². The van der Waals surface area contributed by atoms with Crippen LogP contribution in [0.5, 0.6) is 5.75 Å². The number of ether oxygens (including phenoxy) is 2. The maximum Gasteiger partial charge on any atom is 0.341 e. The van der Waals surface area contributed by atoms with Gasteiger partial charge in [-0.2, -0.15) is 0 Å². The van der Waals surface area contributed by atoms with Crippen LogP contribution in [-0.4, -0.2) is 80.9 Å². The Kier molecular flexibility index (Phi) is 21.2. The quantitative estimate of drug-likeness (QED) is 0.0372. The normalized spacial score (nSPS) is 13.3. The van der Waals surface area contributed by atoms with Crippen molar-refractivity contribution in [3.8, 4) is 17.6 Å². The largest absolute Gasteiger partial charge is 0.481 e. The van der Waals surface area contributed by atoms with Crippen molar-refractivity contribution in [1.82, 2.24) is 5.32 Å². The van der Waals surface area contributed by atoms with Crippen LogP contribution in [0.1, 0.15) is 103 Å². The molecule has 1 rings (SSSR count). The van der Waals surface area contributed by atoms with Crippen LogP contribution < -0.4 is 10.1 Å². The highest BCUT2D eigenvalue weighted by Gasteiger charge is 2.49. The monoisotopic (exact) mass is 701 g/mol.